The topological polar surface area (TPSA) is 90.3 Å². The van der Waals surface area contributed by atoms with Crippen LogP contribution >= 0.6 is 11.6 Å². The lowest BCUT2D eigenvalue weighted by atomic mass is 9.98. The number of carbonyl (C=O) groups is 1. The number of nitrogens with zero attached hydrogens (tertiary/aromatic N) is 6. The molecular formula is C27H35ClN8O2. The molecule has 202 valence electrons. The number of nitrogens with one attached hydrogen (secondary N) is 2. The third-order valence-corrected chi connectivity index (χ3v) is 8.01. The molecule has 0 radical (unpaired) electrons. The van der Waals surface area contributed by atoms with Gasteiger partial charge in [-0.3, -0.25) is 4.79 Å². The maximum absolute atomic E-state index is 14.0. The maximum atomic E-state index is 14.0. The highest BCUT2D eigenvalue weighted by Crippen LogP contribution is 2.35. The van der Waals surface area contributed by atoms with E-state index in [1.54, 1.807) is 18.2 Å². The maximum Gasteiger partial charge on any atom is 0.258 e. The SMILES string of the molecule is CN1CCOc2ccc(Cl)cc2C(=O)N2CCCC[C@H]2c2cc3nc(NC4CNC4)cc(n3n2)N(C)CC1. The molecule has 1 amide bonds. The first-order valence-corrected chi connectivity index (χ1v) is 13.8. The van der Waals surface area contributed by atoms with Crippen LogP contribution in [0.2, 0.25) is 5.02 Å². The number of rotatable bonds is 2. The van der Waals surface area contributed by atoms with E-state index in [2.05, 4.69) is 40.6 Å². The highest BCUT2D eigenvalue weighted by molar-refractivity contribution is 6.31. The van der Waals surface area contributed by atoms with Crippen LogP contribution in [0, 0.1) is 0 Å². The van der Waals surface area contributed by atoms with Crippen molar-refractivity contribution in [3.05, 3.63) is 46.6 Å². The number of fused-ring (bicyclic) bond motifs is 4. The standard InChI is InChI=1S/C27H35ClN8O2/c1-33-9-10-34(2)26-15-24(30-19-16-29-17-19)31-25-14-21(32-36(25)26)22-5-3-4-8-35(22)27(37)20-13-18(28)6-7-23(20)38-12-11-33/h6-7,13-15,19,22,29H,3-5,8-12,16-17H2,1-2H3,(H,30,31)/t22-/m0/s1. The van der Waals surface area contributed by atoms with Crippen molar-refractivity contribution < 1.29 is 9.53 Å². The number of hydrogen-bond donors (Lipinski definition) is 2. The van der Waals surface area contributed by atoms with E-state index in [1.165, 1.54) is 0 Å². The predicted octanol–water partition coefficient (Wildman–Crippen LogP) is 2.89. The van der Waals surface area contributed by atoms with Crippen LogP contribution < -0.4 is 20.3 Å². The first kappa shape index (κ1) is 25.2. The second-order valence-corrected chi connectivity index (χ2v) is 11.0. The third kappa shape index (κ3) is 5.00. The van der Waals surface area contributed by atoms with Gasteiger partial charge < -0.3 is 30.1 Å². The molecule has 38 heavy (non-hydrogen) atoms. The number of aromatic nitrogens is 3. The Kier molecular flexibility index (Phi) is 7.03. The molecule has 1 atom stereocenters. The van der Waals surface area contributed by atoms with E-state index in [0.29, 0.717) is 35.5 Å². The van der Waals surface area contributed by atoms with Gasteiger partial charge >= 0.3 is 0 Å². The van der Waals surface area contributed by atoms with Crippen molar-refractivity contribution in [2.24, 2.45) is 0 Å². The third-order valence-electron chi connectivity index (χ3n) is 7.78. The number of halogens is 1. The largest absolute Gasteiger partial charge is 0.491 e. The molecule has 0 unspecified atom stereocenters. The van der Waals surface area contributed by atoms with Crippen molar-refractivity contribution in [3.63, 3.8) is 0 Å². The van der Waals surface area contributed by atoms with Crippen LogP contribution in [0.5, 0.6) is 5.75 Å². The summed E-state index contributed by atoms with van der Waals surface area (Å²) in [5.74, 6) is 2.31. The van der Waals surface area contributed by atoms with Crippen LogP contribution in [-0.2, 0) is 0 Å². The van der Waals surface area contributed by atoms with Crippen molar-refractivity contribution in [3.8, 4) is 5.75 Å². The molecule has 2 N–H and O–H groups in total. The van der Waals surface area contributed by atoms with E-state index >= 15 is 0 Å². The van der Waals surface area contributed by atoms with Crippen LogP contribution in [0.25, 0.3) is 5.65 Å². The van der Waals surface area contributed by atoms with Gasteiger partial charge in [-0.1, -0.05) is 11.6 Å². The minimum absolute atomic E-state index is 0.0742. The monoisotopic (exact) mass is 538 g/mol. The Balaban J connectivity index is 1.44. The van der Waals surface area contributed by atoms with Gasteiger partial charge in [0.15, 0.2) is 5.65 Å². The highest BCUT2D eigenvalue weighted by Gasteiger charge is 2.33. The van der Waals surface area contributed by atoms with Crippen LogP contribution in [0.3, 0.4) is 0 Å². The fourth-order valence-electron chi connectivity index (χ4n) is 5.38. The molecule has 0 spiro atoms. The zero-order chi connectivity index (χ0) is 26.2. The molecule has 3 aliphatic rings. The molecule has 6 rings (SSSR count). The van der Waals surface area contributed by atoms with Gasteiger partial charge in [0, 0.05) is 63.5 Å². The summed E-state index contributed by atoms with van der Waals surface area (Å²) in [5, 5.41) is 12.4. The van der Waals surface area contributed by atoms with Crippen LogP contribution in [0.1, 0.15) is 41.4 Å². The van der Waals surface area contributed by atoms with E-state index in [-0.39, 0.29) is 11.9 Å². The van der Waals surface area contributed by atoms with Crippen molar-refractivity contribution in [1.82, 2.24) is 29.7 Å². The van der Waals surface area contributed by atoms with Crippen LogP contribution in [0.15, 0.2) is 30.3 Å². The average molecular weight is 539 g/mol. The number of piperidine rings is 1. The molecule has 11 heteroatoms. The average Bonchev–Trinajstić information content (AvgIpc) is 3.33. The van der Waals surface area contributed by atoms with Gasteiger partial charge in [0.05, 0.1) is 23.3 Å². The lowest BCUT2D eigenvalue weighted by molar-refractivity contribution is 0.0601. The minimum atomic E-state index is -0.144. The van der Waals surface area contributed by atoms with E-state index in [0.717, 1.165) is 75.0 Å². The van der Waals surface area contributed by atoms with Crippen molar-refractivity contribution >= 4 is 34.8 Å². The molecule has 3 aliphatic heterocycles. The lowest BCUT2D eigenvalue weighted by Crippen LogP contribution is -2.51. The minimum Gasteiger partial charge on any atom is -0.491 e. The molecule has 10 nitrogen and oxygen atoms in total. The molecular weight excluding hydrogens is 504 g/mol. The summed E-state index contributed by atoms with van der Waals surface area (Å²) in [4.78, 5) is 25.3. The first-order chi connectivity index (χ1) is 18.5. The van der Waals surface area contributed by atoms with Gasteiger partial charge in [0.25, 0.3) is 5.91 Å². The van der Waals surface area contributed by atoms with Crippen molar-refractivity contribution in [2.45, 2.75) is 31.3 Å². The summed E-state index contributed by atoms with van der Waals surface area (Å²) < 4.78 is 8.06. The second kappa shape index (κ2) is 10.6. The summed E-state index contributed by atoms with van der Waals surface area (Å²) in [6.45, 7) is 5.39. The molecule has 0 saturated carbocycles. The molecule has 1 aromatic carbocycles. The molecule has 0 aliphatic carbocycles. The van der Waals surface area contributed by atoms with E-state index in [4.69, 9.17) is 26.4 Å². The molecule has 2 saturated heterocycles. The van der Waals surface area contributed by atoms with Gasteiger partial charge in [-0.05, 0) is 44.5 Å². The quantitative estimate of drug-likeness (QED) is 0.515. The summed E-state index contributed by atoms with van der Waals surface area (Å²) in [6, 6.07) is 9.65. The van der Waals surface area contributed by atoms with Crippen molar-refractivity contribution in [2.75, 3.05) is 70.2 Å². The summed E-state index contributed by atoms with van der Waals surface area (Å²) >= 11 is 6.34. The molecule has 2 aromatic heterocycles. The Labute approximate surface area is 227 Å². The molecule has 2 bridgehead atoms. The Bertz CT molecular complexity index is 1330. The number of likely N-dealkylation sites (N-methyl/N-ethyl adjacent to an activating group) is 2. The fourth-order valence-corrected chi connectivity index (χ4v) is 5.55. The number of ether oxygens (including phenoxy) is 1. The summed E-state index contributed by atoms with van der Waals surface area (Å²) in [6.07, 6.45) is 2.84. The Morgan fingerprint density at radius 2 is 1.95 bits per heavy atom. The van der Waals surface area contributed by atoms with Gasteiger partial charge in [-0.25, -0.2) is 4.98 Å². The summed E-state index contributed by atoms with van der Waals surface area (Å²) in [5.41, 5.74) is 2.14. The van der Waals surface area contributed by atoms with E-state index in [1.807, 2.05) is 15.5 Å². The Morgan fingerprint density at radius 3 is 2.76 bits per heavy atom. The van der Waals surface area contributed by atoms with Gasteiger partial charge in [-0.2, -0.15) is 9.61 Å². The van der Waals surface area contributed by atoms with Crippen molar-refractivity contribution in [1.29, 1.82) is 0 Å². The zero-order valence-corrected chi connectivity index (χ0v) is 22.7. The van der Waals surface area contributed by atoms with Gasteiger partial charge in [-0.15, -0.1) is 0 Å². The Morgan fingerprint density at radius 1 is 1.08 bits per heavy atom. The second-order valence-electron chi connectivity index (χ2n) is 10.6. The van der Waals surface area contributed by atoms with Gasteiger partial charge in [0.2, 0.25) is 0 Å². The number of benzene rings is 1. The first-order valence-electron chi connectivity index (χ1n) is 13.5. The summed E-state index contributed by atoms with van der Waals surface area (Å²) in [7, 11) is 4.17. The molecule has 2 fully saturated rings. The van der Waals surface area contributed by atoms with Crippen LogP contribution in [-0.4, -0.2) is 96.3 Å². The lowest BCUT2D eigenvalue weighted by Gasteiger charge is -2.35. The Hall–Kier alpha value is -3.08. The smallest absolute Gasteiger partial charge is 0.258 e. The number of amides is 1. The predicted molar refractivity (Wildman–Crippen MR) is 149 cm³/mol. The molecule has 3 aromatic rings. The fraction of sp³-hybridized carbons (Fsp3) is 0.519. The number of carbonyl (C=O) groups excluding carboxylic acids is 1. The van der Waals surface area contributed by atoms with E-state index in [9.17, 15) is 4.79 Å². The highest BCUT2D eigenvalue weighted by atomic mass is 35.5. The zero-order valence-electron chi connectivity index (χ0n) is 22.0. The normalized spacial score (nSPS) is 21.7. The molecule has 5 heterocycles. The number of anilines is 2. The number of hydrogen-bond acceptors (Lipinski definition) is 8. The van der Waals surface area contributed by atoms with Gasteiger partial charge in [0.1, 0.15) is 24.0 Å². The van der Waals surface area contributed by atoms with E-state index < -0.39 is 0 Å². The van der Waals surface area contributed by atoms with Crippen LogP contribution in [0.4, 0.5) is 11.6 Å².